The first-order chi connectivity index (χ1) is 6.20. The first kappa shape index (κ1) is 12.3. The van der Waals surface area contributed by atoms with Gasteiger partial charge in [-0.2, -0.15) is 0 Å². The maximum Gasteiger partial charge on any atom is 0.305 e. The van der Waals surface area contributed by atoms with Crippen LogP contribution in [0.3, 0.4) is 0 Å². The zero-order valence-electron chi connectivity index (χ0n) is 7.58. The van der Waals surface area contributed by atoms with Crippen molar-refractivity contribution < 1.29 is 19.1 Å². The van der Waals surface area contributed by atoms with Crippen molar-refractivity contribution >= 4 is 24.6 Å². The van der Waals surface area contributed by atoms with Crippen molar-refractivity contribution in [2.75, 3.05) is 19.5 Å². The lowest BCUT2D eigenvalue weighted by Crippen LogP contribution is -2.08. The van der Waals surface area contributed by atoms with Gasteiger partial charge >= 0.3 is 11.9 Å². The Bertz CT molecular complexity index is 170. The molecule has 0 saturated carbocycles. The second kappa shape index (κ2) is 7.91. The Morgan fingerprint density at radius 1 is 1.23 bits per heavy atom. The number of ether oxygens (including phenoxy) is 2. The summed E-state index contributed by atoms with van der Waals surface area (Å²) in [7, 11) is 1.32. The zero-order chi connectivity index (χ0) is 10.1. The summed E-state index contributed by atoms with van der Waals surface area (Å²) in [5.74, 6) is -0.215. The minimum Gasteiger partial charge on any atom is -0.469 e. The molecule has 0 spiro atoms. The van der Waals surface area contributed by atoms with Gasteiger partial charge in [0.15, 0.2) is 0 Å². The molecule has 0 fully saturated rings. The van der Waals surface area contributed by atoms with E-state index in [0.717, 1.165) is 0 Å². The third kappa shape index (κ3) is 7.64. The van der Waals surface area contributed by atoms with Crippen LogP contribution in [-0.2, 0) is 19.1 Å². The van der Waals surface area contributed by atoms with Crippen LogP contribution in [0.4, 0.5) is 0 Å². The van der Waals surface area contributed by atoms with Crippen molar-refractivity contribution in [3.8, 4) is 0 Å². The minimum atomic E-state index is -0.311. The van der Waals surface area contributed by atoms with Gasteiger partial charge in [-0.05, 0) is 6.42 Å². The molecular weight excluding hydrogens is 192 g/mol. The molecule has 0 aromatic heterocycles. The number of esters is 2. The molecule has 0 unspecified atom stereocenters. The second-order valence-electron chi connectivity index (χ2n) is 2.35. The third-order valence-corrected chi connectivity index (χ3v) is 1.50. The summed E-state index contributed by atoms with van der Waals surface area (Å²) >= 11 is 4.59. The van der Waals surface area contributed by atoms with Crippen molar-refractivity contribution in [1.29, 1.82) is 0 Å². The van der Waals surface area contributed by atoms with Crippen LogP contribution in [0.5, 0.6) is 0 Å². The van der Waals surface area contributed by atoms with Crippen molar-refractivity contribution in [3.63, 3.8) is 0 Å². The number of carbonyl (C=O) groups excluding carboxylic acids is 2. The quantitative estimate of drug-likeness (QED) is 0.609. The molecule has 0 aliphatic carbocycles. The molecule has 0 aliphatic rings. The van der Waals surface area contributed by atoms with Gasteiger partial charge in [0.25, 0.3) is 0 Å². The average molecular weight is 205 g/mol. The highest BCUT2D eigenvalue weighted by molar-refractivity contribution is 7.80. The van der Waals surface area contributed by atoms with Gasteiger partial charge in [0.2, 0.25) is 0 Å². The van der Waals surface area contributed by atoms with Crippen molar-refractivity contribution in [3.05, 3.63) is 0 Å². The molecule has 0 atom stereocenters. The van der Waals surface area contributed by atoms with E-state index in [4.69, 9.17) is 4.74 Å². The molecule has 0 aliphatic heterocycles. The molecule has 0 aromatic carbocycles. The third-order valence-electron chi connectivity index (χ3n) is 1.34. The van der Waals surface area contributed by atoms with Gasteiger partial charge < -0.3 is 9.47 Å². The monoisotopic (exact) mass is 205 g/mol. The number of hydrogen-bond donors (Lipinski definition) is 0. The van der Waals surface area contributed by atoms with Crippen LogP contribution in [-0.4, -0.2) is 31.4 Å². The predicted octanol–water partition coefficient (Wildman–Crippen LogP) is 1.07. The highest BCUT2D eigenvalue weighted by atomic mass is 32.1. The SMILES string of the molecule is COC(=O)CCCC(=O)OCC[S]. The lowest BCUT2D eigenvalue weighted by atomic mass is 10.2. The second-order valence-corrected chi connectivity index (χ2v) is 2.76. The minimum absolute atomic E-state index is 0.241. The van der Waals surface area contributed by atoms with Gasteiger partial charge in [-0.3, -0.25) is 9.59 Å². The van der Waals surface area contributed by atoms with Crippen molar-refractivity contribution in [1.82, 2.24) is 0 Å². The Morgan fingerprint density at radius 2 is 1.85 bits per heavy atom. The van der Waals surface area contributed by atoms with Crippen molar-refractivity contribution in [2.45, 2.75) is 19.3 Å². The van der Waals surface area contributed by atoms with Gasteiger partial charge in [0.05, 0.1) is 7.11 Å². The van der Waals surface area contributed by atoms with Crippen LogP contribution in [0.1, 0.15) is 19.3 Å². The van der Waals surface area contributed by atoms with Gasteiger partial charge in [0.1, 0.15) is 6.61 Å². The van der Waals surface area contributed by atoms with Crippen LogP contribution in [0.2, 0.25) is 0 Å². The fourth-order valence-corrected chi connectivity index (χ4v) is 0.790. The zero-order valence-corrected chi connectivity index (χ0v) is 8.39. The predicted molar refractivity (Wildman–Crippen MR) is 49.3 cm³/mol. The standard InChI is InChI=1S/C8H13O4S/c1-11-7(9)3-2-4-8(10)12-5-6-13/h2-6H2,1H3. The van der Waals surface area contributed by atoms with Crippen LogP contribution in [0, 0.1) is 0 Å². The highest BCUT2D eigenvalue weighted by Gasteiger charge is 2.05. The molecular formula is C8H13O4S. The first-order valence-corrected chi connectivity index (χ1v) is 4.59. The van der Waals surface area contributed by atoms with Crippen molar-refractivity contribution in [2.24, 2.45) is 0 Å². The van der Waals surface area contributed by atoms with Gasteiger partial charge in [-0.15, -0.1) is 0 Å². The van der Waals surface area contributed by atoms with E-state index in [-0.39, 0.29) is 31.4 Å². The molecule has 1 radical (unpaired) electrons. The molecule has 4 nitrogen and oxygen atoms in total. The normalized spacial score (nSPS) is 9.38. The smallest absolute Gasteiger partial charge is 0.305 e. The van der Waals surface area contributed by atoms with Gasteiger partial charge in [-0.1, -0.05) is 12.6 Å². The Labute approximate surface area is 83.0 Å². The molecule has 13 heavy (non-hydrogen) atoms. The molecule has 75 valence electrons. The van der Waals surface area contributed by atoms with Crippen LogP contribution >= 0.6 is 12.6 Å². The van der Waals surface area contributed by atoms with E-state index in [1.807, 2.05) is 0 Å². The van der Waals surface area contributed by atoms with E-state index >= 15 is 0 Å². The number of methoxy groups -OCH3 is 1. The Morgan fingerprint density at radius 3 is 2.38 bits per heavy atom. The fourth-order valence-electron chi connectivity index (χ4n) is 0.707. The first-order valence-electron chi connectivity index (χ1n) is 4.01. The van der Waals surface area contributed by atoms with Crippen LogP contribution in [0.25, 0.3) is 0 Å². The largest absolute Gasteiger partial charge is 0.469 e. The molecule has 0 saturated heterocycles. The maximum atomic E-state index is 10.9. The molecule has 0 rings (SSSR count). The highest BCUT2D eigenvalue weighted by Crippen LogP contribution is 1.99. The Hall–Kier alpha value is -0.710. The summed E-state index contributed by atoms with van der Waals surface area (Å²) in [5, 5.41) is 0. The van der Waals surface area contributed by atoms with Crippen LogP contribution in [0.15, 0.2) is 0 Å². The summed E-state index contributed by atoms with van der Waals surface area (Å²) in [6, 6.07) is 0. The molecule has 0 amide bonds. The Kier molecular flexibility index (Phi) is 7.48. The maximum absolute atomic E-state index is 10.9. The average Bonchev–Trinajstić information content (AvgIpc) is 2.14. The number of rotatable bonds is 6. The molecule has 5 heteroatoms. The summed E-state index contributed by atoms with van der Waals surface area (Å²) in [5.41, 5.74) is 0. The van der Waals surface area contributed by atoms with Crippen LogP contribution < -0.4 is 0 Å². The number of hydrogen-bond acceptors (Lipinski definition) is 4. The molecule has 0 aromatic rings. The van der Waals surface area contributed by atoms with Gasteiger partial charge in [-0.25, -0.2) is 0 Å². The van der Waals surface area contributed by atoms with E-state index < -0.39 is 0 Å². The summed E-state index contributed by atoms with van der Waals surface area (Å²) in [4.78, 5) is 21.5. The van der Waals surface area contributed by atoms with E-state index in [1.54, 1.807) is 0 Å². The lowest BCUT2D eigenvalue weighted by molar-refractivity contribution is -0.143. The van der Waals surface area contributed by atoms with E-state index in [9.17, 15) is 9.59 Å². The van der Waals surface area contributed by atoms with E-state index in [2.05, 4.69) is 17.4 Å². The Balaban J connectivity index is 3.31. The topological polar surface area (TPSA) is 52.6 Å². The van der Waals surface area contributed by atoms with E-state index in [0.29, 0.717) is 12.2 Å². The van der Waals surface area contributed by atoms with Gasteiger partial charge in [0, 0.05) is 18.6 Å². The van der Waals surface area contributed by atoms with E-state index in [1.165, 1.54) is 7.11 Å². The molecule has 0 N–H and O–H groups in total. The summed E-state index contributed by atoms with van der Waals surface area (Å²) < 4.78 is 9.12. The summed E-state index contributed by atoms with van der Waals surface area (Å²) in [6.45, 7) is 0.270. The lowest BCUT2D eigenvalue weighted by Gasteiger charge is -2.01. The summed E-state index contributed by atoms with van der Waals surface area (Å²) in [6.07, 6.45) is 0.951. The molecule has 0 bridgehead atoms. The fraction of sp³-hybridized carbons (Fsp3) is 0.750. The number of carbonyl (C=O) groups is 2. The molecule has 0 heterocycles.